The highest BCUT2D eigenvalue weighted by Gasteiger charge is 2.60. The molecule has 3 unspecified atom stereocenters. The van der Waals surface area contributed by atoms with Gasteiger partial charge in [-0.2, -0.15) is 0 Å². The molecule has 0 bridgehead atoms. The third kappa shape index (κ3) is 1.93. The van der Waals surface area contributed by atoms with Gasteiger partial charge in [0.2, 0.25) is 0 Å². The van der Waals surface area contributed by atoms with Gasteiger partial charge in [0.25, 0.3) is 0 Å². The van der Waals surface area contributed by atoms with Crippen LogP contribution in [0.5, 0.6) is 0 Å². The molecule has 0 aromatic heterocycles. The summed E-state index contributed by atoms with van der Waals surface area (Å²) in [6.07, 6.45) is 10.8. The maximum atomic E-state index is 12.5. The summed E-state index contributed by atoms with van der Waals surface area (Å²) in [7, 11) is 0. The molecule has 3 fully saturated rings. The van der Waals surface area contributed by atoms with E-state index in [0.29, 0.717) is 41.7 Å². The lowest BCUT2D eigenvalue weighted by Gasteiger charge is -2.58. The van der Waals surface area contributed by atoms with Crippen LogP contribution in [0.2, 0.25) is 0 Å². The van der Waals surface area contributed by atoms with Crippen LogP contribution in [0.25, 0.3) is 0 Å². The monoisotopic (exact) mass is 314 g/mol. The van der Waals surface area contributed by atoms with Crippen molar-refractivity contribution in [2.45, 2.75) is 58.8 Å². The maximum absolute atomic E-state index is 12.5. The third-order valence-electron chi connectivity index (χ3n) is 8.04. The summed E-state index contributed by atoms with van der Waals surface area (Å²) in [5.41, 5.74) is 1.41. The highest BCUT2D eigenvalue weighted by Crippen LogP contribution is 2.65. The molecular formula is C21H30O2. The van der Waals surface area contributed by atoms with Gasteiger partial charge in [0.15, 0.2) is 5.78 Å². The van der Waals surface area contributed by atoms with Crippen LogP contribution >= 0.6 is 0 Å². The largest absolute Gasteiger partial charge is 0.299 e. The highest BCUT2D eigenvalue weighted by molar-refractivity contribution is 5.92. The van der Waals surface area contributed by atoms with Crippen LogP contribution in [-0.2, 0) is 9.59 Å². The molecular weight excluding hydrogens is 284 g/mol. The van der Waals surface area contributed by atoms with Crippen LogP contribution in [0, 0.1) is 34.5 Å². The van der Waals surface area contributed by atoms with Gasteiger partial charge in [0.1, 0.15) is 5.78 Å². The molecule has 0 amide bonds. The Hall–Kier alpha value is -1.18. The smallest absolute Gasteiger partial charge is 0.155 e. The average Bonchev–Trinajstić information content (AvgIpc) is 2.83. The van der Waals surface area contributed by atoms with Gasteiger partial charge in [-0.1, -0.05) is 25.5 Å². The highest BCUT2D eigenvalue weighted by atomic mass is 16.1. The number of carbonyl (C=O) groups excluding carboxylic acids is 2. The summed E-state index contributed by atoms with van der Waals surface area (Å²) in [6, 6.07) is 0. The number of fused-ring (bicyclic) bond motifs is 5. The molecule has 2 nitrogen and oxygen atoms in total. The van der Waals surface area contributed by atoms with E-state index in [4.69, 9.17) is 0 Å². The number of hydrogen-bond acceptors (Lipinski definition) is 2. The molecule has 4 aliphatic rings. The quantitative estimate of drug-likeness (QED) is 0.655. The molecule has 0 N–H and O–H groups in total. The summed E-state index contributed by atoms with van der Waals surface area (Å²) < 4.78 is 0. The summed E-state index contributed by atoms with van der Waals surface area (Å²) in [5, 5.41) is 0. The Morgan fingerprint density at radius 3 is 2.61 bits per heavy atom. The Labute approximate surface area is 140 Å². The Morgan fingerprint density at radius 1 is 1.13 bits per heavy atom. The van der Waals surface area contributed by atoms with Gasteiger partial charge in [-0.05, 0) is 67.3 Å². The van der Waals surface area contributed by atoms with Crippen LogP contribution < -0.4 is 0 Å². The molecule has 0 radical (unpaired) electrons. The fraction of sp³-hybridized carbons (Fsp3) is 0.714. The molecule has 0 aromatic carbocycles. The Kier molecular flexibility index (Phi) is 3.28. The summed E-state index contributed by atoms with van der Waals surface area (Å²) in [5.74, 6) is 2.93. The number of rotatable bonds is 1. The first kappa shape index (κ1) is 15.4. The minimum absolute atomic E-state index is 0. The zero-order valence-corrected chi connectivity index (χ0v) is 14.4. The van der Waals surface area contributed by atoms with E-state index in [-0.39, 0.29) is 12.3 Å². The normalized spacial score (nSPS) is 49.0. The van der Waals surface area contributed by atoms with E-state index in [1.54, 1.807) is 0 Å². The second-order valence-corrected chi connectivity index (χ2v) is 8.86. The Balaban J connectivity index is 0.00000169. The summed E-state index contributed by atoms with van der Waals surface area (Å²) in [6.45, 7) is 8.68. The molecule has 0 aromatic rings. The molecule has 4 rings (SSSR count). The summed E-state index contributed by atoms with van der Waals surface area (Å²) in [4.78, 5) is 24.5. The molecule has 3 saturated carbocycles. The van der Waals surface area contributed by atoms with Crippen molar-refractivity contribution >= 4 is 11.6 Å². The average molecular weight is 314 g/mol. The lowest BCUT2D eigenvalue weighted by molar-refractivity contribution is -0.133. The third-order valence-corrected chi connectivity index (χ3v) is 8.04. The second-order valence-electron chi connectivity index (χ2n) is 8.86. The van der Waals surface area contributed by atoms with Crippen molar-refractivity contribution in [1.82, 2.24) is 0 Å². The number of allylic oxidation sites excluding steroid dienone is 2. The lowest BCUT2D eigenvalue weighted by Crippen LogP contribution is -2.52. The van der Waals surface area contributed by atoms with E-state index in [2.05, 4.69) is 26.5 Å². The van der Waals surface area contributed by atoms with Gasteiger partial charge in [0.05, 0.1) is 0 Å². The Bertz CT molecular complexity index is 621. The fourth-order valence-corrected chi connectivity index (χ4v) is 6.69. The minimum atomic E-state index is -0.0745. The van der Waals surface area contributed by atoms with E-state index >= 15 is 0 Å². The van der Waals surface area contributed by atoms with E-state index in [1.807, 2.05) is 6.08 Å². The molecule has 0 heterocycles. The van der Waals surface area contributed by atoms with Crippen LogP contribution in [0.4, 0.5) is 0 Å². The topological polar surface area (TPSA) is 34.1 Å². The van der Waals surface area contributed by atoms with Crippen molar-refractivity contribution in [3.63, 3.8) is 0 Å². The van der Waals surface area contributed by atoms with Gasteiger partial charge >= 0.3 is 0 Å². The fourth-order valence-electron chi connectivity index (χ4n) is 6.69. The SMILES string of the molecule is C=C[C@@H]1CC2C(CC[C@]3(C)C(=O)CCC23)[C@@]2(C)CCC(=O)C=C12.[HH]. The molecule has 4 aliphatic carbocycles. The van der Waals surface area contributed by atoms with Crippen molar-refractivity contribution in [3.05, 3.63) is 24.3 Å². The van der Waals surface area contributed by atoms with Crippen LogP contribution in [0.3, 0.4) is 0 Å². The summed E-state index contributed by atoms with van der Waals surface area (Å²) >= 11 is 0. The first-order chi connectivity index (χ1) is 10.9. The molecule has 2 heteroatoms. The van der Waals surface area contributed by atoms with Crippen LogP contribution in [0.15, 0.2) is 24.3 Å². The maximum Gasteiger partial charge on any atom is 0.155 e. The van der Waals surface area contributed by atoms with Crippen molar-refractivity contribution in [2.75, 3.05) is 0 Å². The van der Waals surface area contributed by atoms with E-state index in [9.17, 15) is 9.59 Å². The number of ketones is 2. The van der Waals surface area contributed by atoms with E-state index < -0.39 is 0 Å². The van der Waals surface area contributed by atoms with Crippen LogP contribution in [-0.4, -0.2) is 11.6 Å². The minimum Gasteiger partial charge on any atom is -0.299 e. The van der Waals surface area contributed by atoms with Crippen molar-refractivity contribution in [2.24, 2.45) is 34.5 Å². The van der Waals surface area contributed by atoms with Gasteiger partial charge in [-0.3, -0.25) is 9.59 Å². The van der Waals surface area contributed by atoms with Crippen LogP contribution in [0.1, 0.15) is 60.2 Å². The zero-order chi connectivity index (χ0) is 16.4. The number of Topliss-reactive ketones (excluding diaryl/α,β-unsaturated/α-hetero) is 1. The number of hydrogen-bond donors (Lipinski definition) is 0. The first-order valence-corrected chi connectivity index (χ1v) is 9.31. The lowest BCUT2D eigenvalue weighted by atomic mass is 9.45. The van der Waals surface area contributed by atoms with Crippen molar-refractivity contribution in [1.29, 1.82) is 0 Å². The van der Waals surface area contributed by atoms with Crippen molar-refractivity contribution in [3.8, 4) is 0 Å². The van der Waals surface area contributed by atoms with Gasteiger partial charge in [-0.15, -0.1) is 6.58 Å². The molecule has 0 aliphatic heterocycles. The molecule has 126 valence electrons. The second kappa shape index (κ2) is 4.91. The zero-order valence-electron chi connectivity index (χ0n) is 14.4. The van der Waals surface area contributed by atoms with E-state index in [0.717, 1.165) is 38.5 Å². The molecule has 0 saturated heterocycles. The molecule has 0 spiro atoms. The number of carbonyl (C=O) groups is 2. The standard InChI is InChI=1S/C21H28O2.H2/c1-4-13-11-15-16-5-6-19(23)21(16,3)10-8-17(15)20(2)9-7-14(22)12-18(13)20;/h4,12-13,15-17H,1,5-11H2,2-3H3;1H/t13-,15?,16?,17?,20-,21+;/m1./s1. The van der Waals surface area contributed by atoms with Gasteiger partial charge in [0, 0.05) is 19.7 Å². The van der Waals surface area contributed by atoms with Gasteiger partial charge < -0.3 is 0 Å². The predicted molar refractivity (Wildman–Crippen MR) is 92.9 cm³/mol. The molecule has 23 heavy (non-hydrogen) atoms. The molecule has 6 atom stereocenters. The van der Waals surface area contributed by atoms with Gasteiger partial charge in [-0.25, -0.2) is 0 Å². The van der Waals surface area contributed by atoms with Crippen molar-refractivity contribution < 1.29 is 11.0 Å². The predicted octanol–water partition coefficient (Wildman–Crippen LogP) is 4.75. The first-order valence-electron chi connectivity index (χ1n) is 9.31. The van der Waals surface area contributed by atoms with E-state index in [1.165, 1.54) is 5.57 Å². The Morgan fingerprint density at radius 2 is 1.87 bits per heavy atom.